The minimum Gasteiger partial charge on any atom is -0.356 e. The molecule has 0 heterocycles. The molecule has 3 heteroatoms. The summed E-state index contributed by atoms with van der Waals surface area (Å²) in [6, 6.07) is 10.4. The Bertz CT molecular complexity index is 336. The lowest BCUT2D eigenvalue weighted by molar-refractivity contribution is -0.125. The number of carbonyl (C=O) groups is 1. The fourth-order valence-corrected chi connectivity index (χ4v) is 2.67. The van der Waals surface area contributed by atoms with Gasteiger partial charge in [-0.1, -0.05) is 32.0 Å². The van der Waals surface area contributed by atoms with Crippen LogP contribution < -0.4 is 5.32 Å². The molecule has 2 nitrogen and oxygen atoms in total. The van der Waals surface area contributed by atoms with Crippen molar-refractivity contribution in [1.82, 2.24) is 5.32 Å². The summed E-state index contributed by atoms with van der Waals surface area (Å²) in [5.41, 5.74) is 0. The lowest BCUT2D eigenvalue weighted by atomic mass is 10.0. The van der Waals surface area contributed by atoms with E-state index in [1.165, 1.54) is 4.90 Å². The molecule has 0 saturated heterocycles. The van der Waals surface area contributed by atoms with Crippen molar-refractivity contribution in [1.29, 1.82) is 0 Å². The van der Waals surface area contributed by atoms with Gasteiger partial charge in [0.05, 0.1) is 0 Å². The molecule has 100 valence electrons. The number of nitrogens with one attached hydrogen (secondary N) is 1. The Morgan fingerprint density at radius 2 is 1.89 bits per heavy atom. The van der Waals surface area contributed by atoms with Crippen molar-refractivity contribution in [2.24, 2.45) is 5.92 Å². The molecule has 0 radical (unpaired) electrons. The van der Waals surface area contributed by atoms with Gasteiger partial charge in [0.15, 0.2) is 0 Å². The second kappa shape index (κ2) is 9.03. The van der Waals surface area contributed by atoms with Crippen LogP contribution >= 0.6 is 11.8 Å². The standard InChI is InChI=1S/C15H23NOS/c1-3-13(4-2)15(17)16-11-8-12-18-14-9-6-5-7-10-14/h5-7,9-10,13H,3-4,8,11-12H2,1-2H3,(H,16,17). The molecule has 0 aromatic heterocycles. The number of hydrogen-bond donors (Lipinski definition) is 1. The summed E-state index contributed by atoms with van der Waals surface area (Å²) in [5, 5.41) is 3.02. The Morgan fingerprint density at radius 1 is 1.22 bits per heavy atom. The van der Waals surface area contributed by atoms with Crippen LogP contribution in [0.3, 0.4) is 0 Å². The molecule has 0 unspecified atom stereocenters. The minimum atomic E-state index is 0.187. The highest BCUT2D eigenvalue weighted by molar-refractivity contribution is 7.99. The zero-order chi connectivity index (χ0) is 13.2. The number of benzene rings is 1. The van der Waals surface area contributed by atoms with Crippen LogP contribution in [0.15, 0.2) is 35.2 Å². The number of hydrogen-bond acceptors (Lipinski definition) is 2. The number of amides is 1. The maximum Gasteiger partial charge on any atom is 0.223 e. The van der Waals surface area contributed by atoms with Crippen molar-refractivity contribution in [3.05, 3.63) is 30.3 Å². The minimum absolute atomic E-state index is 0.187. The van der Waals surface area contributed by atoms with E-state index in [0.717, 1.165) is 31.6 Å². The van der Waals surface area contributed by atoms with Gasteiger partial charge in [0.2, 0.25) is 5.91 Å². The molecular formula is C15H23NOS. The van der Waals surface area contributed by atoms with E-state index in [4.69, 9.17) is 0 Å². The third-order valence-corrected chi connectivity index (χ3v) is 4.09. The summed E-state index contributed by atoms with van der Waals surface area (Å²) in [6.07, 6.45) is 2.88. The smallest absolute Gasteiger partial charge is 0.223 e. The molecule has 0 bridgehead atoms. The van der Waals surface area contributed by atoms with Crippen LogP contribution in [-0.4, -0.2) is 18.2 Å². The summed E-state index contributed by atoms with van der Waals surface area (Å²) in [7, 11) is 0. The molecular weight excluding hydrogens is 242 g/mol. The normalized spacial score (nSPS) is 10.6. The van der Waals surface area contributed by atoms with E-state index in [9.17, 15) is 4.79 Å². The third-order valence-electron chi connectivity index (χ3n) is 2.99. The van der Waals surface area contributed by atoms with E-state index >= 15 is 0 Å². The SMILES string of the molecule is CCC(CC)C(=O)NCCCSc1ccccc1. The van der Waals surface area contributed by atoms with Gasteiger partial charge in [-0.15, -0.1) is 11.8 Å². The average molecular weight is 265 g/mol. The Labute approximate surface area is 115 Å². The van der Waals surface area contributed by atoms with Gasteiger partial charge in [-0.05, 0) is 37.1 Å². The van der Waals surface area contributed by atoms with Crippen molar-refractivity contribution >= 4 is 17.7 Å². The van der Waals surface area contributed by atoms with E-state index in [2.05, 4.69) is 43.4 Å². The highest BCUT2D eigenvalue weighted by Gasteiger charge is 2.12. The summed E-state index contributed by atoms with van der Waals surface area (Å²) >= 11 is 1.84. The largest absolute Gasteiger partial charge is 0.356 e. The molecule has 1 rings (SSSR count). The zero-order valence-electron chi connectivity index (χ0n) is 11.3. The number of carbonyl (C=O) groups excluding carboxylic acids is 1. The third kappa shape index (κ3) is 5.58. The monoisotopic (exact) mass is 265 g/mol. The average Bonchev–Trinajstić information content (AvgIpc) is 2.41. The fraction of sp³-hybridized carbons (Fsp3) is 0.533. The molecule has 1 aromatic rings. The van der Waals surface area contributed by atoms with Crippen LogP contribution in [0.4, 0.5) is 0 Å². The molecule has 18 heavy (non-hydrogen) atoms. The lowest BCUT2D eigenvalue weighted by Gasteiger charge is -2.12. The van der Waals surface area contributed by atoms with Crippen LogP contribution in [0.1, 0.15) is 33.1 Å². The van der Waals surface area contributed by atoms with Crippen LogP contribution in [0, 0.1) is 5.92 Å². The van der Waals surface area contributed by atoms with Gasteiger partial charge in [0.25, 0.3) is 0 Å². The van der Waals surface area contributed by atoms with Gasteiger partial charge in [-0.25, -0.2) is 0 Å². The molecule has 0 aliphatic heterocycles. The quantitative estimate of drug-likeness (QED) is 0.573. The van der Waals surface area contributed by atoms with Crippen LogP contribution in [0.5, 0.6) is 0 Å². The van der Waals surface area contributed by atoms with Crippen LogP contribution in [0.25, 0.3) is 0 Å². The summed E-state index contributed by atoms with van der Waals surface area (Å²) < 4.78 is 0. The maximum absolute atomic E-state index is 11.7. The van der Waals surface area contributed by atoms with E-state index in [0.29, 0.717) is 0 Å². The van der Waals surface area contributed by atoms with Crippen molar-refractivity contribution < 1.29 is 4.79 Å². The van der Waals surface area contributed by atoms with Gasteiger partial charge < -0.3 is 5.32 Å². The van der Waals surface area contributed by atoms with Gasteiger partial charge in [0.1, 0.15) is 0 Å². The van der Waals surface area contributed by atoms with Crippen molar-refractivity contribution in [2.75, 3.05) is 12.3 Å². The van der Waals surface area contributed by atoms with E-state index < -0.39 is 0 Å². The van der Waals surface area contributed by atoms with Crippen molar-refractivity contribution in [3.8, 4) is 0 Å². The molecule has 0 saturated carbocycles. The highest BCUT2D eigenvalue weighted by Crippen LogP contribution is 2.17. The summed E-state index contributed by atoms with van der Waals surface area (Å²) in [5.74, 6) is 1.45. The summed E-state index contributed by atoms with van der Waals surface area (Å²) in [6.45, 7) is 4.92. The predicted molar refractivity (Wildman–Crippen MR) is 78.9 cm³/mol. The number of rotatable bonds is 8. The van der Waals surface area contributed by atoms with E-state index in [1.54, 1.807) is 0 Å². The van der Waals surface area contributed by atoms with Crippen molar-refractivity contribution in [2.45, 2.75) is 38.0 Å². The van der Waals surface area contributed by atoms with E-state index in [1.807, 2.05) is 17.8 Å². The first-order chi connectivity index (χ1) is 8.77. The first-order valence-corrected chi connectivity index (χ1v) is 7.72. The van der Waals surface area contributed by atoms with E-state index in [-0.39, 0.29) is 11.8 Å². The van der Waals surface area contributed by atoms with Gasteiger partial charge in [-0.3, -0.25) is 4.79 Å². The second-order valence-corrected chi connectivity index (χ2v) is 5.49. The fourth-order valence-electron chi connectivity index (χ4n) is 1.79. The molecule has 1 N–H and O–H groups in total. The molecule has 0 aliphatic rings. The molecule has 0 aliphatic carbocycles. The van der Waals surface area contributed by atoms with Gasteiger partial charge in [-0.2, -0.15) is 0 Å². The van der Waals surface area contributed by atoms with Gasteiger partial charge >= 0.3 is 0 Å². The van der Waals surface area contributed by atoms with Crippen molar-refractivity contribution in [3.63, 3.8) is 0 Å². The zero-order valence-corrected chi connectivity index (χ0v) is 12.1. The summed E-state index contributed by atoms with van der Waals surface area (Å²) in [4.78, 5) is 13.0. The Balaban J connectivity index is 2.10. The first kappa shape index (κ1) is 15.1. The molecule has 0 atom stereocenters. The first-order valence-electron chi connectivity index (χ1n) is 6.73. The second-order valence-electron chi connectivity index (χ2n) is 4.32. The molecule has 1 amide bonds. The Hall–Kier alpha value is -0.960. The topological polar surface area (TPSA) is 29.1 Å². The van der Waals surface area contributed by atoms with Crippen LogP contribution in [0.2, 0.25) is 0 Å². The maximum atomic E-state index is 11.7. The number of thioether (sulfide) groups is 1. The highest BCUT2D eigenvalue weighted by atomic mass is 32.2. The predicted octanol–water partition coefficient (Wildman–Crippen LogP) is 3.72. The van der Waals surface area contributed by atoms with Crippen LogP contribution in [-0.2, 0) is 4.79 Å². The molecule has 0 spiro atoms. The van der Waals surface area contributed by atoms with Gasteiger partial charge in [0, 0.05) is 17.4 Å². The Kier molecular flexibility index (Phi) is 7.58. The molecule has 0 fully saturated rings. The lowest BCUT2D eigenvalue weighted by Crippen LogP contribution is -2.31. The molecule has 1 aromatic carbocycles. The Morgan fingerprint density at radius 3 is 2.50 bits per heavy atom.